The second-order valence-electron chi connectivity index (χ2n) is 5.11. The molecule has 0 aromatic heterocycles. The fraction of sp³-hybridized carbons (Fsp3) is 0.500. The number of nitrogens with one attached hydrogen (secondary N) is 1. The molecule has 3 heteroatoms. The maximum atomic E-state index is 11.1. The summed E-state index contributed by atoms with van der Waals surface area (Å²) in [6.45, 7) is 0.798. The third-order valence-corrected chi connectivity index (χ3v) is 3.90. The minimum Gasteiger partial charge on any atom is -0.480 e. The van der Waals surface area contributed by atoms with E-state index >= 15 is 0 Å². The summed E-state index contributed by atoms with van der Waals surface area (Å²) in [5.41, 5.74) is 2.57. The van der Waals surface area contributed by atoms with Gasteiger partial charge in [-0.1, -0.05) is 24.3 Å². The van der Waals surface area contributed by atoms with Gasteiger partial charge in [0.05, 0.1) is 0 Å². The molecule has 2 N–H and O–H groups in total. The Kier molecular flexibility index (Phi) is 2.63. The largest absolute Gasteiger partial charge is 0.480 e. The van der Waals surface area contributed by atoms with E-state index in [-0.39, 0.29) is 5.92 Å². The number of rotatable bonds is 3. The number of hydrogen-bond acceptors (Lipinski definition) is 2. The van der Waals surface area contributed by atoms with Gasteiger partial charge >= 0.3 is 5.97 Å². The molecule has 1 aliphatic carbocycles. The average Bonchev–Trinajstić information content (AvgIpc) is 3.06. The molecule has 2 atom stereocenters. The lowest BCUT2D eigenvalue weighted by atomic mass is 9.91. The number of carboxylic acid groups (broad SMARTS) is 1. The lowest BCUT2D eigenvalue weighted by Gasteiger charge is -2.16. The van der Waals surface area contributed by atoms with E-state index in [2.05, 4.69) is 29.6 Å². The Morgan fingerprint density at radius 2 is 1.76 bits per heavy atom. The van der Waals surface area contributed by atoms with Crippen molar-refractivity contribution in [3.05, 3.63) is 35.4 Å². The van der Waals surface area contributed by atoms with Gasteiger partial charge in [-0.05, 0) is 42.9 Å². The van der Waals surface area contributed by atoms with Crippen LogP contribution in [0.3, 0.4) is 0 Å². The third-order valence-electron chi connectivity index (χ3n) is 3.90. The Bertz CT molecular complexity index is 422. The molecule has 2 aliphatic rings. The molecule has 0 amide bonds. The van der Waals surface area contributed by atoms with Crippen LogP contribution in [-0.2, 0) is 4.79 Å². The highest BCUT2D eigenvalue weighted by Gasteiger charge is 2.33. The number of benzene rings is 1. The molecule has 1 aromatic rings. The Labute approximate surface area is 101 Å². The molecule has 1 aliphatic heterocycles. The highest BCUT2D eigenvalue weighted by Crippen LogP contribution is 2.40. The van der Waals surface area contributed by atoms with E-state index in [1.54, 1.807) is 0 Å². The van der Waals surface area contributed by atoms with Crippen molar-refractivity contribution in [2.45, 2.75) is 37.1 Å². The van der Waals surface area contributed by atoms with Gasteiger partial charge in [0.1, 0.15) is 6.04 Å². The van der Waals surface area contributed by atoms with E-state index in [0.29, 0.717) is 0 Å². The molecule has 0 bridgehead atoms. The predicted octanol–water partition coefficient (Wildman–Crippen LogP) is 2.09. The van der Waals surface area contributed by atoms with Crippen LogP contribution in [-0.4, -0.2) is 23.7 Å². The third kappa shape index (κ3) is 2.07. The van der Waals surface area contributed by atoms with Gasteiger partial charge in [0.25, 0.3) is 0 Å². The summed E-state index contributed by atoms with van der Waals surface area (Å²) in [5, 5.41) is 12.2. The van der Waals surface area contributed by atoms with Crippen LogP contribution in [0.15, 0.2) is 24.3 Å². The van der Waals surface area contributed by atoms with E-state index < -0.39 is 12.0 Å². The van der Waals surface area contributed by atoms with E-state index in [9.17, 15) is 4.79 Å². The van der Waals surface area contributed by atoms with Crippen molar-refractivity contribution in [2.75, 3.05) is 6.54 Å². The summed E-state index contributed by atoms with van der Waals surface area (Å²) in [6.07, 6.45) is 3.53. The molecule has 1 saturated carbocycles. The second kappa shape index (κ2) is 4.15. The molecule has 3 rings (SSSR count). The molecule has 1 aromatic carbocycles. The molecule has 3 nitrogen and oxygen atoms in total. The maximum absolute atomic E-state index is 11.1. The minimum absolute atomic E-state index is 0.126. The van der Waals surface area contributed by atoms with Crippen molar-refractivity contribution in [3.8, 4) is 0 Å². The Morgan fingerprint density at radius 3 is 2.35 bits per heavy atom. The number of aliphatic carboxylic acids is 1. The predicted molar refractivity (Wildman–Crippen MR) is 65.2 cm³/mol. The lowest BCUT2D eigenvalue weighted by molar-refractivity contribution is -0.139. The summed E-state index contributed by atoms with van der Waals surface area (Å²) in [5.74, 6) is 0.153. The first kappa shape index (κ1) is 10.8. The van der Waals surface area contributed by atoms with Crippen LogP contribution in [0.25, 0.3) is 0 Å². The molecule has 90 valence electrons. The average molecular weight is 231 g/mol. The first-order valence-corrected chi connectivity index (χ1v) is 6.32. The molecule has 17 heavy (non-hydrogen) atoms. The zero-order chi connectivity index (χ0) is 11.8. The van der Waals surface area contributed by atoms with Crippen molar-refractivity contribution < 1.29 is 9.90 Å². The summed E-state index contributed by atoms with van der Waals surface area (Å²) in [4.78, 5) is 11.1. The molecular formula is C14H17NO2. The normalized spacial score (nSPS) is 28.2. The summed E-state index contributed by atoms with van der Waals surface area (Å²) < 4.78 is 0. The van der Waals surface area contributed by atoms with Crippen LogP contribution in [0.2, 0.25) is 0 Å². The van der Waals surface area contributed by atoms with Gasteiger partial charge in [0.15, 0.2) is 0 Å². The number of hydrogen-bond donors (Lipinski definition) is 2. The summed E-state index contributed by atoms with van der Waals surface area (Å²) in [6, 6.07) is 8.15. The van der Waals surface area contributed by atoms with E-state index in [0.717, 1.165) is 24.4 Å². The molecule has 0 radical (unpaired) electrons. The smallest absolute Gasteiger partial charge is 0.321 e. The van der Waals surface area contributed by atoms with E-state index in [1.807, 2.05) is 0 Å². The highest BCUT2D eigenvalue weighted by atomic mass is 16.4. The number of carboxylic acids is 1. The fourth-order valence-electron chi connectivity index (χ4n) is 2.75. The van der Waals surface area contributed by atoms with Crippen molar-refractivity contribution in [1.82, 2.24) is 5.32 Å². The maximum Gasteiger partial charge on any atom is 0.321 e. The summed E-state index contributed by atoms with van der Waals surface area (Å²) >= 11 is 0. The topological polar surface area (TPSA) is 49.3 Å². The summed E-state index contributed by atoms with van der Waals surface area (Å²) in [7, 11) is 0. The minimum atomic E-state index is -0.737. The molecule has 1 saturated heterocycles. The van der Waals surface area contributed by atoms with Gasteiger partial charge in [0.2, 0.25) is 0 Å². The zero-order valence-corrected chi connectivity index (χ0v) is 9.73. The van der Waals surface area contributed by atoms with Gasteiger partial charge in [-0.25, -0.2) is 0 Å². The first-order valence-electron chi connectivity index (χ1n) is 6.32. The van der Waals surface area contributed by atoms with Crippen molar-refractivity contribution >= 4 is 5.97 Å². The van der Waals surface area contributed by atoms with Gasteiger partial charge in [-0.2, -0.15) is 0 Å². The van der Waals surface area contributed by atoms with Crippen LogP contribution < -0.4 is 5.32 Å². The SMILES string of the molecule is O=C(O)C1NCCC1c1ccc(C2CC2)cc1. The second-order valence-corrected chi connectivity index (χ2v) is 5.11. The van der Waals surface area contributed by atoms with E-state index in [4.69, 9.17) is 5.11 Å². The Hall–Kier alpha value is -1.35. The van der Waals surface area contributed by atoms with Crippen molar-refractivity contribution in [1.29, 1.82) is 0 Å². The van der Waals surface area contributed by atoms with Gasteiger partial charge in [-0.3, -0.25) is 4.79 Å². The van der Waals surface area contributed by atoms with Crippen LogP contribution in [0, 0.1) is 0 Å². The lowest BCUT2D eigenvalue weighted by Crippen LogP contribution is -2.34. The van der Waals surface area contributed by atoms with Gasteiger partial charge in [0, 0.05) is 5.92 Å². The fourth-order valence-corrected chi connectivity index (χ4v) is 2.75. The van der Waals surface area contributed by atoms with Crippen molar-refractivity contribution in [3.63, 3.8) is 0 Å². The standard InChI is InChI=1S/C14H17NO2/c16-14(17)13-12(7-8-15-13)11-5-3-10(4-6-11)9-1-2-9/h3-6,9,12-13,15H,1-2,7-8H2,(H,16,17). The Balaban J connectivity index is 1.80. The molecule has 0 spiro atoms. The zero-order valence-electron chi connectivity index (χ0n) is 9.73. The molecule has 2 fully saturated rings. The van der Waals surface area contributed by atoms with Crippen LogP contribution in [0.5, 0.6) is 0 Å². The van der Waals surface area contributed by atoms with E-state index in [1.165, 1.54) is 18.4 Å². The number of carbonyl (C=O) groups is 1. The molecule has 1 heterocycles. The van der Waals surface area contributed by atoms with Crippen LogP contribution in [0.1, 0.15) is 42.2 Å². The molecule has 2 unspecified atom stereocenters. The quantitative estimate of drug-likeness (QED) is 0.837. The van der Waals surface area contributed by atoms with Crippen LogP contribution in [0.4, 0.5) is 0 Å². The monoisotopic (exact) mass is 231 g/mol. The van der Waals surface area contributed by atoms with Crippen LogP contribution >= 0.6 is 0 Å². The van der Waals surface area contributed by atoms with Crippen molar-refractivity contribution in [2.24, 2.45) is 0 Å². The first-order chi connectivity index (χ1) is 8.25. The highest BCUT2D eigenvalue weighted by molar-refractivity contribution is 5.75. The Morgan fingerprint density at radius 1 is 1.12 bits per heavy atom. The molecular weight excluding hydrogens is 214 g/mol. The van der Waals surface area contributed by atoms with Gasteiger partial charge in [-0.15, -0.1) is 0 Å². The van der Waals surface area contributed by atoms with Gasteiger partial charge < -0.3 is 10.4 Å².